The first-order valence-corrected chi connectivity index (χ1v) is 8.34. The smallest absolute Gasteiger partial charge is 0.237 e. The number of nitrogens with one attached hydrogen (secondary N) is 2. The lowest BCUT2D eigenvalue weighted by atomic mass is 10.0. The van der Waals surface area contributed by atoms with Crippen LogP contribution in [0.2, 0.25) is 0 Å². The minimum atomic E-state index is -0.614. The zero-order valence-electron chi connectivity index (χ0n) is 14.9. The zero-order chi connectivity index (χ0) is 17.8. The number of halogens is 1. The first kappa shape index (κ1) is 19.8. The van der Waals surface area contributed by atoms with Crippen molar-refractivity contribution in [3.05, 3.63) is 65.9 Å². The molecule has 2 atom stereocenters. The molecule has 5 nitrogen and oxygen atoms in total. The lowest BCUT2D eigenvalue weighted by molar-refractivity contribution is -0.123. The Morgan fingerprint density at radius 2 is 1.88 bits per heavy atom. The van der Waals surface area contributed by atoms with Crippen molar-refractivity contribution >= 4 is 29.2 Å². The third kappa shape index (κ3) is 4.18. The number of para-hydroxylation sites is 2. The molecule has 0 bridgehead atoms. The molecule has 1 aromatic heterocycles. The van der Waals surface area contributed by atoms with Crippen molar-refractivity contribution in [1.29, 1.82) is 0 Å². The van der Waals surface area contributed by atoms with E-state index in [4.69, 9.17) is 10.5 Å². The first-order chi connectivity index (χ1) is 12.1. The van der Waals surface area contributed by atoms with Crippen molar-refractivity contribution in [2.24, 2.45) is 5.73 Å². The standard InChI is InChI=1S/C20H23N3O2.ClH/c1-13(15-7-4-6-10-19(15)25-2)23-20(24)17(21)11-14-12-22-18-9-5-3-8-16(14)18;/h3-10,12-13,17,22H,11,21H2,1-2H3,(H,23,24);1H/t13?,17-;/m0./s1. The largest absolute Gasteiger partial charge is 0.496 e. The third-order valence-corrected chi connectivity index (χ3v) is 4.42. The summed E-state index contributed by atoms with van der Waals surface area (Å²) in [4.78, 5) is 15.7. The number of fused-ring (bicyclic) bond motifs is 1. The van der Waals surface area contributed by atoms with Crippen molar-refractivity contribution in [1.82, 2.24) is 10.3 Å². The highest BCUT2D eigenvalue weighted by molar-refractivity contribution is 5.86. The molecule has 1 amide bonds. The van der Waals surface area contributed by atoms with Gasteiger partial charge < -0.3 is 20.8 Å². The van der Waals surface area contributed by atoms with Crippen LogP contribution in [0, 0.1) is 0 Å². The Kier molecular flexibility index (Phi) is 6.66. The summed E-state index contributed by atoms with van der Waals surface area (Å²) < 4.78 is 5.36. The molecule has 1 heterocycles. The molecule has 6 heteroatoms. The molecule has 1 unspecified atom stereocenters. The molecule has 0 radical (unpaired) electrons. The molecule has 138 valence electrons. The maximum Gasteiger partial charge on any atom is 0.237 e. The molecular formula is C20H24ClN3O2. The summed E-state index contributed by atoms with van der Waals surface area (Å²) in [5, 5.41) is 4.08. The van der Waals surface area contributed by atoms with Gasteiger partial charge in [0.25, 0.3) is 0 Å². The van der Waals surface area contributed by atoms with Gasteiger partial charge in [0.05, 0.1) is 19.2 Å². The highest BCUT2D eigenvalue weighted by Crippen LogP contribution is 2.24. The van der Waals surface area contributed by atoms with Crippen LogP contribution in [0.5, 0.6) is 5.75 Å². The monoisotopic (exact) mass is 373 g/mol. The predicted octanol–water partition coefficient (Wildman–Crippen LogP) is 3.35. The number of carbonyl (C=O) groups excluding carboxylic acids is 1. The number of aromatic amines is 1. The van der Waals surface area contributed by atoms with Gasteiger partial charge in [-0.05, 0) is 31.0 Å². The van der Waals surface area contributed by atoms with Crippen LogP contribution in [-0.4, -0.2) is 24.0 Å². The zero-order valence-corrected chi connectivity index (χ0v) is 15.7. The Hall–Kier alpha value is -2.50. The Morgan fingerprint density at radius 3 is 2.65 bits per heavy atom. The highest BCUT2D eigenvalue weighted by Gasteiger charge is 2.20. The van der Waals surface area contributed by atoms with E-state index in [0.717, 1.165) is 27.8 Å². The fraction of sp³-hybridized carbons (Fsp3) is 0.250. The lowest BCUT2D eigenvalue weighted by Crippen LogP contribution is -2.43. The molecule has 26 heavy (non-hydrogen) atoms. The number of benzene rings is 2. The van der Waals surface area contributed by atoms with E-state index in [0.29, 0.717) is 6.42 Å². The molecular weight excluding hydrogens is 350 g/mol. The number of hydrogen-bond acceptors (Lipinski definition) is 3. The SMILES string of the molecule is COc1ccccc1C(C)NC(=O)[C@@H](N)Cc1c[nH]c2ccccc12.Cl. The van der Waals surface area contributed by atoms with Crippen LogP contribution in [-0.2, 0) is 11.2 Å². The lowest BCUT2D eigenvalue weighted by Gasteiger charge is -2.19. The van der Waals surface area contributed by atoms with Gasteiger partial charge in [-0.25, -0.2) is 0 Å². The maximum absolute atomic E-state index is 12.5. The minimum Gasteiger partial charge on any atom is -0.496 e. The number of nitrogens with two attached hydrogens (primary N) is 1. The average molecular weight is 374 g/mol. The number of methoxy groups -OCH3 is 1. The molecule has 3 aromatic rings. The molecule has 0 saturated heterocycles. The van der Waals surface area contributed by atoms with Crippen LogP contribution >= 0.6 is 12.4 Å². The van der Waals surface area contributed by atoms with E-state index in [9.17, 15) is 4.79 Å². The second kappa shape index (κ2) is 8.74. The molecule has 0 aliphatic rings. The van der Waals surface area contributed by atoms with E-state index in [-0.39, 0.29) is 24.4 Å². The number of rotatable bonds is 6. The maximum atomic E-state index is 12.5. The van der Waals surface area contributed by atoms with Crippen molar-refractivity contribution in [2.45, 2.75) is 25.4 Å². The Labute approximate surface area is 159 Å². The van der Waals surface area contributed by atoms with Gasteiger partial charge in [0.15, 0.2) is 0 Å². The topological polar surface area (TPSA) is 80.1 Å². The van der Waals surface area contributed by atoms with Gasteiger partial charge in [-0.2, -0.15) is 0 Å². The number of hydrogen-bond donors (Lipinski definition) is 3. The Morgan fingerprint density at radius 1 is 1.19 bits per heavy atom. The summed E-state index contributed by atoms with van der Waals surface area (Å²) in [7, 11) is 1.62. The molecule has 0 fully saturated rings. The summed E-state index contributed by atoms with van der Waals surface area (Å²) >= 11 is 0. The van der Waals surface area contributed by atoms with Crippen LogP contribution in [0.1, 0.15) is 24.1 Å². The van der Waals surface area contributed by atoms with E-state index in [1.54, 1.807) is 7.11 Å². The quantitative estimate of drug-likeness (QED) is 0.619. The van der Waals surface area contributed by atoms with Crippen LogP contribution in [0.15, 0.2) is 54.7 Å². The second-order valence-corrected chi connectivity index (χ2v) is 6.14. The van der Waals surface area contributed by atoms with E-state index in [1.165, 1.54) is 0 Å². The molecule has 0 aliphatic heterocycles. The number of amides is 1. The van der Waals surface area contributed by atoms with Gasteiger partial charge >= 0.3 is 0 Å². The number of carbonyl (C=O) groups is 1. The average Bonchev–Trinajstić information content (AvgIpc) is 3.04. The Balaban J connectivity index is 0.00000243. The summed E-state index contributed by atoms with van der Waals surface area (Å²) in [6, 6.07) is 14.8. The fourth-order valence-corrected chi connectivity index (χ4v) is 3.05. The third-order valence-electron chi connectivity index (χ3n) is 4.42. The summed E-state index contributed by atoms with van der Waals surface area (Å²) in [5.41, 5.74) is 9.16. The minimum absolute atomic E-state index is 0. The van der Waals surface area contributed by atoms with Gasteiger partial charge in [-0.15, -0.1) is 12.4 Å². The normalized spacial score (nSPS) is 12.9. The predicted molar refractivity (Wildman–Crippen MR) is 107 cm³/mol. The summed E-state index contributed by atoms with van der Waals surface area (Å²) in [6.07, 6.45) is 2.40. The summed E-state index contributed by atoms with van der Waals surface area (Å²) in [6.45, 7) is 1.92. The Bertz CT molecular complexity index is 878. The van der Waals surface area contributed by atoms with Gasteiger partial charge in [-0.3, -0.25) is 4.79 Å². The molecule has 4 N–H and O–H groups in total. The van der Waals surface area contributed by atoms with Gasteiger partial charge in [0.1, 0.15) is 5.75 Å². The van der Waals surface area contributed by atoms with Crippen LogP contribution in [0.4, 0.5) is 0 Å². The van der Waals surface area contributed by atoms with E-state index in [2.05, 4.69) is 10.3 Å². The number of ether oxygens (including phenoxy) is 1. The van der Waals surface area contributed by atoms with Crippen molar-refractivity contribution in [3.8, 4) is 5.75 Å². The van der Waals surface area contributed by atoms with Crippen LogP contribution < -0.4 is 15.8 Å². The fourth-order valence-electron chi connectivity index (χ4n) is 3.05. The van der Waals surface area contributed by atoms with E-state index >= 15 is 0 Å². The molecule has 0 aliphatic carbocycles. The molecule has 2 aromatic carbocycles. The van der Waals surface area contributed by atoms with Crippen LogP contribution in [0.3, 0.4) is 0 Å². The van der Waals surface area contributed by atoms with Crippen LogP contribution in [0.25, 0.3) is 10.9 Å². The van der Waals surface area contributed by atoms with Crippen molar-refractivity contribution < 1.29 is 9.53 Å². The first-order valence-electron chi connectivity index (χ1n) is 8.34. The molecule has 0 spiro atoms. The number of H-pyrrole nitrogens is 1. The van der Waals surface area contributed by atoms with E-state index in [1.807, 2.05) is 61.7 Å². The van der Waals surface area contributed by atoms with Crippen molar-refractivity contribution in [3.63, 3.8) is 0 Å². The molecule has 3 rings (SSSR count). The van der Waals surface area contributed by atoms with Gasteiger partial charge in [-0.1, -0.05) is 36.4 Å². The second-order valence-electron chi connectivity index (χ2n) is 6.14. The van der Waals surface area contributed by atoms with Gasteiger partial charge in [0.2, 0.25) is 5.91 Å². The summed E-state index contributed by atoms with van der Waals surface area (Å²) in [5.74, 6) is 0.573. The van der Waals surface area contributed by atoms with Crippen molar-refractivity contribution in [2.75, 3.05) is 7.11 Å². The van der Waals surface area contributed by atoms with E-state index < -0.39 is 6.04 Å². The molecule has 0 saturated carbocycles. The van der Waals surface area contributed by atoms with Gasteiger partial charge in [0, 0.05) is 22.7 Å². The highest BCUT2D eigenvalue weighted by atomic mass is 35.5. The number of aromatic nitrogens is 1.